The molecule has 0 saturated heterocycles. The van der Waals surface area contributed by atoms with Crippen LogP contribution < -0.4 is 29.4 Å². The van der Waals surface area contributed by atoms with Gasteiger partial charge >= 0.3 is 0 Å². The van der Waals surface area contributed by atoms with Crippen LogP contribution in [0.2, 0.25) is 0 Å². The summed E-state index contributed by atoms with van der Waals surface area (Å²) in [7, 11) is -10.8. The maximum absolute atomic E-state index is 8.55. The van der Waals surface area contributed by atoms with Gasteiger partial charge < -0.3 is 38.5 Å². The van der Waals surface area contributed by atoms with Crippen molar-refractivity contribution in [1.29, 1.82) is 0 Å². The number of phosphoric acid groups is 2. The van der Waals surface area contributed by atoms with Gasteiger partial charge in [-0.3, -0.25) is 0 Å². The van der Waals surface area contributed by atoms with Gasteiger partial charge in [-0.05, 0) is 0 Å². The Balaban J connectivity index is -0.000000107. The van der Waals surface area contributed by atoms with E-state index in [1.54, 1.807) is 0 Å². The minimum absolute atomic E-state index is 0. The summed E-state index contributed by atoms with van der Waals surface area (Å²) in [6.45, 7) is 0. The minimum atomic E-state index is -5.39. The van der Waals surface area contributed by atoms with E-state index in [0.717, 1.165) is 0 Å². The molecule has 0 spiro atoms. The molecular formula is MnO8P2-6. The van der Waals surface area contributed by atoms with Crippen LogP contribution in [0.15, 0.2) is 0 Å². The van der Waals surface area contributed by atoms with Crippen molar-refractivity contribution in [3.8, 4) is 0 Å². The molecule has 71 valence electrons. The van der Waals surface area contributed by atoms with Crippen LogP contribution in [0.5, 0.6) is 0 Å². The first-order valence-electron chi connectivity index (χ1n) is 1.46. The van der Waals surface area contributed by atoms with Crippen molar-refractivity contribution in [2.45, 2.75) is 0 Å². The molecule has 8 nitrogen and oxygen atoms in total. The Bertz CT molecular complexity index is 124. The summed E-state index contributed by atoms with van der Waals surface area (Å²) < 4.78 is 17.1. The molecule has 0 heterocycles. The Morgan fingerprint density at radius 2 is 0.636 bits per heavy atom. The Kier molecular flexibility index (Phi) is 10.1. The third kappa shape index (κ3) is 1500. The average molecular weight is 245 g/mol. The molecule has 0 aromatic rings. The van der Waals surface area contributed by atoms with Crippen molar-refractivity contribution in [3.63, 3.8) is 0 Å². The number of rotatable bonds is 0. The first kappa shape index (κ1) is 17.7. The van der Waals surface area contributed by atoms with E-state index in [-0.39, 0.29) is 17.1 Å². The molecule has 0 aliphatic heterocycles. The fourth-order valence-electron chi connectivity index (χ4n) is 0. The third-order valence-corrected chi connectivity index (χ3v) is 0. The SMILES string of the molecule is O=P([O-])([O-])[O-].O=P([O-])([O-])[O-].[Mn]. The van der Waals surface area contributed by atoms with Crippen molar-refractivity contribution < 1.29 is 55.6 Å². The van der Waals surface area contributed by atoms with E-state index in [4.69, 9.17) is 38.5 Å². The van der Waals surface area contributed by atoms with Gasteiger partial charge in [0.05, 0.1) is 0 Å². The molecule has 0 aliphatic rings. The van der Waals surface area contributed by atoms with E-state index < -0.39 is 15.6 Å². The second-order valence-electron chi connectivity index (χ2n) is 0.894. The first-order chi connectivity index (χ1) is 4.00. The van der Waals surface area contributed by atoms with Crippen LogP contribution in [0.4, 0.5) is 0 Å². The van der Waals surface area contributed by atoms with Crippen LogP contribution in [0, 0.1) is 0 Å². The largest absolute Gasteiger partial charge is 0.822 e. The number of hydrogen-bond donors (Lipinski definition) is 0. The maximum Gasteiger partial charge on any atom is 0 e. The smallest absolute Gasteiger partial charge is 0 e. The fraction of sp³-hybridized carbons (Fsp3) is 0. The molecule has 0 saturated carbocycles. The zero-order valence-corrected chi connectivity index (χ0v) is 7.51. The van der Waals surface area contributed by atoms with Gasteiger partial charge in [0.25, 0.3) is 0 Å². The van der Waals surface area contributed by atoms with Crippen LogP contribution >= 0.6 is 15.6 Å². The predicted octanol–water partition coefficient (Wildman–Crippen LogP) is -5.65. The average Bonchev–Trinajstić information content (AvgIpc) is 1.12. The van der Waals surface area contributed by atoms with Crippen molar-refractivity contribution >= 4 is 15.6 Å². The summed E-state index contributed by atoms with van der Waals surface area (Å²) in [4.78, 5) is 51.3. The molecular weight excluding hydrogens is 245 g/mol. The standard InChI is InChI=1S/Mn.2H3O4P/c;2*1-5(2,3)4/h;2*(H3,1,2,3,4)/p-6. The zero-order chi connectivity index (χ0) is 9.00. The quantitative estimate of drug-likeness (QED) is 0.299. The number of hydrogen-bond acceptors (Lipinski definition) is 8. The zero-order valence-electron chi connectivity index (χ0n) is 4.54. The van der Waals surface area contributed by atoms with E-state index in [2.05, 4.69) is 0 Å². The molecule has 0 aromatic heterocycles. The molecule has 0 amide bonds. The summed E-state index contributed by atoms with van der Waals surface area (Å²) in [6, 6.07) is 0. The maximum atomic E-state index is 8.55. The van der Waals surface area contributed by atoms with Crippen LogP contribution in [0.1, 0.15) is 0 Å². The third-order valence-electron chi connectivity index (χ3n) is 0. The van der Waals surface area contributed by atoms with E-state index in [9.17, 15) is 0 Å². The second-order valence-corrected chi connectivity index (χ2v) is 2.68. The predicted molar refractivity (Wildman–Crippen MR) is 15.2 cm³/mol. The molecule has 1 radical (unpaired) electrons. The molecule has 0 aliphatic carbocycles. The van der Waals surface area contributed by atoms with E-state index in [1.165, 1.54) is 0 Å². The van der Waals surface area contributed by atoms with Gasteiger partial charge in [-0.15, -0.1) is 0 Å². The topological polar surface area (TPSA) is 172 Å². The normalized spacial score (nSPS) is 10.7. The van der Waals surface area contributed by atoms with Crippen LogP contribution in [0.25, 0.3) is 0 Å². The summed E-state index contributed by atoms with van der Waals surface area (Å²) in [5.74, 6) is 0. The molecule has 0 N–H and O–H groups in total. The van der Waals surface area contributed by atoms with Crippen molar-refractivity contribution in [2.24, 2.45) is 0 Å². The summed E-state index contributed by atoms with van der Waals surface area (Å²) in [5, 5.41) is 0. The van der Waals surface area contributed by atoms with Gasteiger partial charge in [-0.25, -0.2) is 0 Å². The van der Waals surface area contributed by atoms with Crippen LogP contribution in [-0.2, 0) is 26.2 Å². The van der Waals surface area contributed by atoms with Gasteiger partial charge in [-0.2, -0.15) is 15.6 Å². The minimum Gasteiger partial charge on any atom is -0.822 e. The van der Waals surface area contributed by atoms with Gasteiger partial charge in [0.1, 0.15) is 0 Å². The fourth-order valence-corrected chi connectivity index (χ4v) is 0. The molecule has 0 aromatic carbocycles. The van der Waals surface area contributed by atoms with Crippen molar-refractivity contribution in [1.82, 2.24) is 0 Å². The van der Waals surface area contributed by atoms with E-state index in [1.807, 2.05) is 0 Å². The van der Waals surface area contributed by atoms with Gasteiger partial charge in [0.15, 0.2) is 0 Å². The van der Waals surface area contributed by atoms with Gasteiger partial charge in [0, 0.05) is 17.1 Å². The second kappa shape index (κ2) is 6.28. The molecule has 0 fully saturated rings. The van der Waals surface area contributed by atoms with Crippen LogP contribution in [-0.4, -0.2) is 0 Å². The van der Waals surface area contributed by atoms with Crippen molar-refractivity contribution in [3.05, 3.63) is 0 Å². The molecule has 0 unspecified atom stereocenters. The van der Waals surface area contributed by atoms with Gasteiger partial charge in [0.2, 0.25) is 0 Å². The van der Waals surface area contributed by atoms with E-state index >= 15 is 0 Å². The summed E-state index contributed by atoms with van der Waals surface area (Å²) >= 11 is 0. The Morgan fingerprint density at radius 1 is 0.636 bits per heavy atom. The van der Waals surface area contributed by atoms with Gasteiger partial charge in [-0.1, -0.05) is 0 Å². The Morgan fingerprint density at radius 3 is 0.636 bits per heavy atom. The van der Waals surface area contributed by atoms with Crippen molar-refractivity contribution in [2.75, 3.05) is 0 Å². The molecule has 0 rings (SSSR count). The first-order valence-corrected chi connectivity index (χ1v) is 4.38. The molecule has 11 heavy (non-hydrogen) atoms. The molecule has 0 atom stereocenters. The molecule has 11 heteroatoms. The Labute approximate surface area is 71.8 Å². The van der Waals surface area contributed by atoms with E-state index in [0.29, 0.717) is 0 Å². The Hall–Kier alpha value is 0.739. The monoisotopic (exact) mass is 245 g/mol. The van der Waals surface area contributed by atoms with Crippen LogP contribution in [0.3, 0.4) is 0 Å². The summed E-state index contributed by atoms with van der Waals surface area (Å²) in [5.41, 5.74) is 0. The molecule has 0 bridgehead atoms. The summed E-state index contributed by atoms with van der Waals surface area (Å²) in [6.07, 6.45) is 0.